The van der Waals surface area contributed by atoms with Crippen LogP contribution in [0.25, 0.3) is 32.8 Å². The number of nitrogens with one attached hydrogen (secondary N) is 1. The van der Waals surface area contributed by atoms with Gasteiger partial charge in [-0.15, -0.1) is 11.3 Å². The van der Waals surface area contributed by atoms with Gasteiger partial charge in [-0.3, -0.25) is 4.79 Å². The predicted molar refractivity (Wildman–Crippen MR) is 166 cm³/mol. The number of imidazole rings is 1. The van der Waals surface area contributed by atoms with Crippen LogP contribution in [0, 0.1) is 11.8 Å². The van der Waals surface area contributed by atoms with E-state index in [4.69, 9.17) is 9.72 Å². The van der Waals surface area contributed by atoms with Crippen LogP contribution >= 0.6 is 11.3 Å². The van der Waals surface area contributed by atoms with Crippen molar-refractivity contribution < 1.29 is 9.53 Å². The number of carbonyl (C=O) groups excluding carboxylic acids is 1. The molecule has 2 aliphatic heterocycles. The number of methoxy groups -OCH3 is 1. The Kier molecular flexibility index (Phi) is 7.07. The standard InChI is InChI=1S/C31H37N5O2S.CH5N/c1-34-29-24(12-21(13-26(29)38-2)31(37)35-16-19-5-6-22(35)11-19)33-30(34)25-14-27-28(36(25)15-18-3-4-18)23(17-39-27)20-7-9-32-10-8-20;1-2/h12-14,17-20,22,32H,3-11,15-16H2,1-2H3;2H2,1H3/t19-,22+;/m0./s1. The molecule has 4 aromatic rings. The molecule has 2 bridgehead atoms. The molecule has 8 nitrogen and oxygen atoms in total. The van der Waals surface area contributed by atoms with Crippen LogP contribution < -0.4 is 15.8 Å². The minimum absolute atomic E-state index is 0.124. The van der Waals surface area contributed by atoms with Crippen molar-refractivity contribution >= 4 is 38.5 Å². The van der Waals surface area contributed by atoms with Gasteiger partial charge >= 0.3 is 0 Å². The van der Waals surface area contributed by atoms with Crippen molar-refractivity contribution in [3.8, 4) is 17.3 Å². The Labute approximate surface area is 245 Å². The fraction of sp³-hybridized carbons (Fsp3) is 0.562. The molecule has 218 valence electrons. The molecule has 41 heavy (non-hydrogen) atoms. The van der Waals surface area contributed by atoms with Gasteiger partial charge in [0.25, 0.3) is 5.91 Å². The third-order valence-corrected chi connectivity index (χ3v) is 10.8. The van der Waals surface area contributed by atoms with Crippen molar-refractivity contribution in [2.45, 2.75) is 63.5 Å². The van der Waals surface area contributed by atoms with E-state index in [-0.39, 0.29) is 5.91 Å². The summed E-state index contributed by atoms with van der Waals surface area (Å²) in [7, 11) is 5.29. The largest absolute Gasteiger partial charge is 0.494 e. The van der Waals surface area contributed by atoms with Gasteiger partial charge in [-0.1, -0.05) is 0 Å². The van der Waals surface area contributed by atoms with Gasteiger partial charge in [0.15, 0.2) is 5.82 Å². The number of fused-ring (bicyclic) bond motifs is 4. The molecule has 1 amide bonds. The highest BCUT2D eigenvalue weighted by molar-refractivity contribution is 7.17. The molecule has 0 spiro atoms. The number of carbonyl (C=O) groups is 1. The minimum atomic E-state index is 0.124. The van der Waals surface area contributed by atoms with Gasteiger partial charge in [0.2, 0.25) is 0 Å². The van der Waals surface area contributed by atoms with E-state index in [0.717, 1.165) is 67.5 Å². The average Bonchev–Trinajstić information content (AvgIpc) is 3.40. The summed E-state index contributed by atoms with van der Waals surface area (Å²) in [6.45, 7) is 4.14. The Hall–Kier alpha value is -2.88. The zero-order chi connectivity index (χ0) is 28.2. The molecule has 2 saturated heterocycles. The number of nitrogens with zero attached hydrogens (tertiary/aromatic N) is 4. The van der Waals surface area contributed by atoms with E-state index in [9.17, 15) is 4.79 Å². The number of hydrogen-bond acceptors (Lipinski definition) is 6. The molecule has 4 fully saturated rings. The van der Waals surface area contributed by atoms with E-state index in [0.29, 0.717) is 23.4 Å². The smallest absolute Gasteiger partial charge is 0.254 e. The zero-order valence-electron chi connectivity index (χ0n) is 24.5. The number of nitrogens with two attached hydrogens (primary N) is 1. The lowest BCUT2D eigenvalue weighted by Gasteiger charge is -2.27. The van der Waals surface area contributed by atoms with Crippen molar-refractivity contribution in [3.05, 3.63) is 34.7 Å². The van der Waals surface area contributed by atoms with E-state index < -0.39 is 0 Å². The third kappa shape index (κ3) is 4.57. The molecule has 2 aliphatic carbocycles. The Morgan fingerprint density at radius 1 is 1.10 bits per heavy atom. The molecule has 0 radical (unpaired) electrons. The number of thiophene rings is 1. The number of rotatable bonds is 6. The van der Waals surface area contributed by atoms with Crippen molar-refractivity contribution in [3.63, 3.8) is 0 Å². The molecule has 9 heteroatoms. The highest BCUT2D eigenvalue weighted by atomic mass is 32.1. The highest BCUT2D eigenvalue weighted by Crippen LogP contribution is 2.44. The van der Waals surface area contributed by atoms with Crippen LogP contribution in [0.3, 0.4) is 0 Å². The van der Waals surface area contributed by atoms with Crippen LogP contribution in [0.15, 0.2) is 23.6 Å². The fourth-order valence-electron chi connectivity index (χ4n) is 7.61. The maximum atomic E-state index is 13.6. The lowest BCUT2D eigenvalue weighted by atomic mass is 9.91. The first-order chi connectivity index (χ1) is 20.1. The summed E-state index contributed by atoms with van der Waals surface area (Å²) in [6, 6.07) is 6.68. The van der Waals surface area contributed by atoms with Gasteiger partial charge in [0.1, 0.15) is 11.3 Å². The number of piperidine rings is 2. The van der Waals surface area contributed by atoms with Crippen LogP contribution in [-0.4, -0.2) is 64.8 Å². The van der Waals surface area contributed by atoms with Gasteiger partial charge in [-0.2, -0.15) is 0 Å². The number of amides is 1. The maximum absolute atomic E-state index is 13.6. The van der Waals surface area contributed by atoms with Crippen LogP contribution in [0.4, 0.5) is 0 Å². The van der Waals surface area contributed by atoms with Gasteiger partial charge in [-0.25, -0.2) is 4.98 Å². The molecule has 5 heterocycles. The van der Waals surface area contributed by atoms with Crippen molar-refractivity contribution in [2.75, 3.05) is 33.8 Å². The first-order valence-corrected chi connectivity index (χ1v) is 16.2. The summed E-state index contributed by atoms with van der Waals surface area (Å²) >= 11 is 1.88. The Bertz CT molecular complexity index is 1590. The van der Waals surface area contributed by atoms with Crippen molar-refractivity contribution in [2.24, 2.45) is 24.6 Å². The van der Waals surface area contributed by atoms with Gasteiger partial charge in [0, 0.05) is 31.7 Å². The van der Waals surface area contributed by atoms with Crippen LogP contribution in [0.5, 0.6) is 5.75 Å². The summed E-state index contributed by atoms with van der Waals surface area (Å²) < 4.78 is 12.0. The Morgan fingerprint density at radius 2 is 1.90 bits per heavy atom. The molecule has 1 aromatic carbocycles. The van der Waals surface area contributed by atoms with Crippen molar-refractivity contribution in [1.29, 1.82) is 0 Å². The summed E-state index contributed by atoms with van der Waals surface area (Å²) in [5.74, 6) is 3.85. The highest BCUT2D eigenvalue weighted by Gasteiger charge is 2.40. The molecule has 4 aliphatic rings. The quantitative estimate of drug-likeness (QED) is 0.324. The van der Waals surface area contributed by atoms with Crippen molar-refractivity contribution in [1.82, 2.24) is 24.3 Å². The minimum Gasteiger partial charge on any atom is -0.494 e. The number of aryl methyl sites for hydroxylation is 1. The molecule has 8 rings (SSSR count). The second kappa shape index (κ2) is 10.7. The summed E-state index contributed by atoms with van der Waals surface area (Å²) in [4.78, 5) is 20.9. The van der Waals surface area contributed by atoms with Gasteiger partial charge in [0.05, 0.1) is 28.5 Å². The average molecular weight is 575 g/mol. The summed E-state index contributed by atoms with van der Waals surface area (Å²) in [5, 5.41) is 5.94. The number of likely N-dealkylation sites (tertiary alicyclic amines) is 1. The SMILES string of the molecule is CN.COc1cc(C(=O)N2C[C@H]3CC[C@@H]2C3)cc2nc(-c3cc4scc(C5CCNCC5)c4n3CC3CC3)n(C)c12. The molecule has 3 aromatic heterocycles. The Morgan fingerprint density at radius 3 is 2.59 bits per heavy atom. The van der Waals surface area contributed by atoms with E-state index >= 15 is 0 Å². The van der Waals surface area contributed by atoms with Crippen LogP contribution in [-0.2, 0) is 13.6 Å². The lowest BCUT2D eigenvalue weighted by Crippen LogP contribution is -2.37. The molecular weight excluding hydrogens is 532 g/mol. The molecule has 2 atom stereocenters. The second-order valence-corrected chi connectivity index (χ2v) is 13.3. The third-order valence-electron chi connectivity index (χ3n) is 9.87. The van der Waals surface area contributed by atoms with E-state index in [1.54, 1.807) is 7.11 Å². The monoisotopic (exact) mass is 574 g/mol. The second-order valence-electron chi connectivity index (χ2n) is 12.3. The van der Waals surface area contributed by atoms with E-state index in [2.05, 4.69) is 43.6 Å². The molecule has 0 unspecified atom stereocenters. The molecule has 2 saturated carbocycles. The number of hydrogen-bond donors (Lipinski definition) is 2. The van der Waals surface area contributed by atoms with Gasteiger partial charge in [-0.05, 0) is 112 Å². The first kappa shape index (κ1) is 27.0. The van der Waals surface area contributed by atoms with Gasteiger partial charge < -0.3 is 29.8 Å². The van der Waals surface area contributed by atoms with E-state index in [1.165, 1.54) is 60.6 Å². The molecular formula is C32H42N6O2S. The lowest BCUT2D eigenvalue weighted by molar-refractivity contribution is 0.0703. The number of aromatic nitrogens is 3. The Balaban J connectivity index is 0.00000135. The summed E-state index contributed by atoms with van der Waals surface area (Å²) in [5.41, 5.74) is 11.1. The van der Waals surface area contributed by atoms with Crippen LogP contribution in [0.1, 0.15) is 66.8 Å². The number of ether oxygens (including phenoxy) is 1. The summed E-state index contributed by atoms with van der Waals surface area (Å²) in [6.07, 6.45) is 8.59. The maximum Gasteiger partial charge on any atom is 0.254 e. The molecule has 3 N–H and O–H groups in total. The number of benzene rings is 1. The first-order valence-electron chi connectivity index (χ1n) is 15.3. The zero-order valence-corrected chi connectivity index (χ0v) is 25.3. The fourth-order valence-corrected chi connectivity index (χ4v) is 8.69. The van der Waals surface area contributed by atoms with Crippen LogP contribution in [0.2, 0.25) is 0 Å². The predicted octanol–water partition coefficient (Wildman–Crippen LogP) is 5.34. The topological polar surface area (TPSA) is 90.3 Å². The normalized spacial score (nSPS) is 22.5. The van der Waals surface area contributed by atoms with E-state index in [1.807, 2.05) is 23.5 Å².